The molecule has 1 aromatic heterocycles. The summed E-state index contributed by atoms with van der Waals surface area (Å²) in [6, 6.07) is 2.21. The van der Waals surface area contributed by atoms with Crippen molar-refractivity contribution < 1.29 is 0 Å². The van der Waals surface area contributed by atoms with Gasteiger partial charge in [0.2, 0.25) is 0 Å². The van der Waals surface area contributed by atoms with Gasteiger partial charge in [-0.05, 0) is 30.7 Å². The Kier molecular flexibility index (Phi) is 2.01. The zero-order chi connectivity index (χ0) is 9.42. The number of nitrogens with zero attached hydrogens (tertiary/aromatic N) is 1. The van der Waals surface area contributed by atoms with E-state index in [4.69, 9.17) is 11.0 Å². The molecular formula is C10H12N2S. The Morgan fingerprint density at radius 3 is 3.08 bits per heavy atom. The number of fused-ring (bicyclic) bond motifs is 1. The fourth-order valence-corrected chi connectivity index (χ4v) is 3.14. The largest absolute Gasteiger partial charge is 0.389 e. The van der Waals surface area contributed by atoms with E-state index in [1.54, 1.807) is 11.3 Å². The quantitative estimate of drug-likeness (QED) is 0.687. The monoisotopic (exact) mass is 192 g/mol. The van der Waals surface area contributed by atoms with Crippen LogP contribution in [0.4, 0.5) is 5.00 Å². The third-order valence-electron chi connectivity index (χ3n) is 2.69. The molecule has 0 amide bonds. The van der Waals surface area contributed by atoms with E-state index in [2.05, 4.69) is 13.0 Å². The van der Waals surface area contributed by atoms with Crippen molar-refractivity contribution in [1.82, 2.24) is 0 Å². The van der Waals surface area contributed by atoms with Gasteiger partial charge in [0, 0.05) is 4.88 Å². The van der Waals surface area contributed by atoms with Crippen LogP contribution in [0.2, 0.25) is 0 Å². The van der Waals surface area contributed by atoms with Crippen LogP contribution in [0.15, 0.2) is 0 Å². The molecule has 1 atom stereocenters. The lowest BCUT2D eigenvalue weighted by Crippen LogP contribution is -2.04. The number of anilines is 1. The minimum atomic E-state index is 0.596. The predicted octanol–water partition coefficient (Wildman–Crippen LogP) is 2.64. The van der Waals surface area contributed by atoms with Crippen molar-refractivity contribution >= 4 is 16.3 Å². The summed E-state index contributed by atoms with van der Waals surface area (Å²) in [4.78, 5) is 1.35. The Morgan fingerprint density at radius 1 is 1.62 bits per heavy atom. The molecule has 2 nitrogen and oxygen atoms in total. The first-order valence-corrected chi connectivity index (χ1v) is 5.36. The molecule has 2 N–H and O–H groups in total. The fraction of sp³-hybridized carbons (Fsp3) is 0.500. The van der Waals surface area contributed by atoms with Gasteiger partial charge in [-0.3, -0.25) is 0 Å². The van der Waals surface area contributed by atoms with Crippen LogP contribution < -0.4 is 5.73 Å². The molecule has 0 fully saturated rings. The van der Waals surface area contributed by atoms with Gasteiger partial charge in [-0.15, -0.1) is 11.3 Å². The van der Waals surface area contributed by atoms with Crippen molar-refractivity contribution in [3.05, 3.63) is 16.0 Å². The van der Waals surface area contributed by atoms with Crippen LogP contribution in [0, 0.1) is 11.3 Å². The molecule has 3 heteroatoms. The van der Waals surface area contributed by atoms with Gasteiger partial charge in [0.15, 0.2) is 0 Å². The standard InChI is InChI=1S/C10H12N2S/c1-6-3-2-4-7-8(5-11)10(12)13-9(6)7/h6H,2-4,12H2,1H3. The minimum Gasteiger partial charge on any atom is -0.389 e. The van der Waals surface area contributed by atoms with Crippen LogP contribution in [0.25, 0.3) is 0 Å². The normalized spacial score (nSPS) is 20.8. The Morgan fingerprint density at radius 2 is 2.38 bits per heavy atom. The summed E-state index contributed by atoms with van der Waals surface area (Å²) < 4.78 is 0. The zero-order valence-corrected chi connectivity index (χ0v) is 8.45. The average Bonchev–Trinajstić information content (AvgIpc) is 2.43. The maximum absolute atomic E-state index is 8.93. The Labute approximate surface area is 82.0 Å². The van der Waals surface area contributed by atoms with Crippen molar-refractivity contribution in [2.24, 2.45) is 0 Å². The number of rotatable bonds is 0. The first kappa shape index (κ1) is 8.58. The lowest BCUT2D eigenvalue weighted by molar-refractivity contribution is 0.601. The molecular weight excluding hydrogens is 180 g/mol. The van der Waals surface area contributed by atoms with E-state index >= 15 is 0 Å². The molecule has 0 aromatic carbocycles. The zero-order valence-electron chi connectivity index (χ0n) is 7.63. The molecule has 0 radical (unpaired) electrons. The van der Waals surface area contributed by atoms with E-state index in [1.807, 2.05) is 0 Å². The molecule has 68 valence electrons. The van der Waals surface area contributed by atoms with Crippen molar-refractivity contribution in [3.8, 4) is 6.07 Å². The summed E-state index contributed by atoms with van der Waals surface area (Å²) in [7, 11) is 0. The van der Waals surface area contributed by atoms with Crippen LogP contribution in [-0.4, -0.2) is 0 Å². The van der Waals surface area contributed by atoms with Crippen LogP contribution in [0.3, 0.4) is 0 Å². The molecule has 1 unspecified atom stereocenters. The molecule has 13 heavy (non-hydrogen) atoms. The fourth-order valence-electron chi connectivity index (χ4n) is 1.99. The maximum Gasteiger partial charge on any atom is 0.104 e. The van der Waals surface area contributed by atoms with Gasteiger partial charge in [-0.1, -0.05) is 6.92 Å². The summed E-state index contributed by atoms with van der Waals surface area (Å²) >= 11 is 1.60. The highest BCUT2D eigenvalue weighted by atomic mass is 32.1. The highest BCUT2D eigenvalue weighted by Crippen LogP contribution is 2.41. The van der Waals surface area contributed by atoms with Crippen molar-refractivity contribution in [3.63, 3.8) is 0 Å². The summed E-state index contributed by atoms with van der Waals surface area (Å²) in [5.41, 5.74) is 7.76. The second-order valence-corrected chi connectivity index (χ2v) is 4.67. The average molecular weight is 192 g/mol. The number of hydrogen-bond acceptors (Lipinski definition) is 3. The molecule has 1 aromatic rings. The molecule has 1 aliphatic rings. The highest BCUT2D eigenvalue weighted by molar-refractivity contribution is 7.16. The summed E-state index contributed by atoms with van der Waals surface area (Å²) in [6.45, 7) is 2.22. The van der Waals surface area contributed by atoms with Gasteiger partial charge in [0.05, 0.1) is 5.56 Å². The third kappa shape index (κ3) is 1.22. The Bertz CT molecular complexity index is 373. The van der Waals surface area contributed by atoms with Crippen LogP contribution >= 0.6 is 11.3 Å². The smallest absolute Gasteiger partial charge is 0.104 e. The minimum absolute atomic E-state index is 0.596. The molecule has 0 aliphatic heterocycles. The lowest BCUT2D eigenvalue weighted by Gasteiger charge is -2.17. The number of hydrogen-bond donors (Lipinski definition) is 1. The topological polar surface area (TPSA) is 49.8 Å². The Balaban J connectivity index is 2.58. The van der Waals surface area contributed by atoms with E-state index < -0.39 is 0 Å². The van der Waals surface area contributed by atoms with Gasteiger partial charge in [-0.25, -0.2) is 0 Å². The molecule has 1 aliphatic carbocycles. The van der Waals surface area contributed by atoms with Crippen molar-refractivity contribution in [2.75, 3.05) is 5.73 Å². The van der Waals surface area contributed by atoms with Crippen LogP contribution in [0.1, 0.15) is 41.7 Å². The predicted molar refractivity (Wildman–Crippen MR) is 54.8 cm³/mol. The molecule has 0 spiro atoms. The molecule has 1 heterocycles. The van der Waals surface area contributed by atoms with E-state index in [0.717, 1.165) is 12.0 Å². The van der Waals surface area contributed by atoms with Gasteiger partial charge in [-0.2, -0.15) is 5.26 Å². The molecule has 2 rings (SSSR count). The molecule has 0 bridgehead atoms. The number of thiophene rings is 1. The summed E-state index contributed by atoms with van der Waals surface area (Å²) in [5, 5.41) is 9.64. The number of nitriles is 1. The maximum atomic E-state index is 8.93. The Hall–Kier alpha value is -1.01. The summed E-state index contributed by atoms with van der Waals surface area (Å²) in [6.07, 6.45) is 3.47. The van der Waals surface area contributed by atoms with Gasteiger partial charge in [0.1, 0.15) is 11.1 Å². The molecule has 0 saturated heterocycles. The van der Waals surface area contributed by atoms with Gasteiger partial charge >= 0.3 is 0 Å². The SMILES string of the molecule is CC1CCCc2c1sc(N)c2C#N. The van der Waals surface area contributed by atoms with Crippen LogP contribution in [-0.2, 0) is 6.42 Å². The van der Waals surface area contributed by atoms with Gasteiger partial charge in [0.25, 0.3) is 0 Å². The van der Waals surface area contributed by atoms with E-state index in [-0.39, 0.29) is 0 Å². The van der Waals surface area contributed by atoms with Crippen LogP contribution in [0.5, 0.6) is 0 Å². The van der Waals surface area contributed by atoms with E-state index in [1.165, 1.54) is 23.3 Å². The first-order chi connectivity index (χ1) is 6.24. The second-order valence-electron chi connectivity index (χ2n) is 3.59. The molecule has 0 saturated carbocycles. The summed E-state index contributed by atoms with van der Waals surface area (Å²) in [5.74, 6) is 0.596. The first-order valence-electron chi connectivity index (χ1n) is 4.55. The van der Waals surface area contributed by atoms with Crippen molar-refractivity contribution in [1.29, 1.82) is 5.26 Å². The van der Waals surface area contributed by atoms with Gasteiger partial charge < -0.3 is 5.73 Å². The number of nitrogen functional groups attached to an aromatic ring is 1. The van der Waals surface area contributed by atoms with E-state index in [0.29, 0.717) is 10.9 Å². The third-order valence-corrected chi connectivity index (χ3v) is 3.98. The lowest BCUT2D eigenvalue weighted by atomic mass is 9.89. The highest BCUT2D eigenvalue weighted by Gasteiger charge is 2.23. The second kappa shape index (κ2) is 3.04. The van der Waals surface area contributed by atoms with Crippen molar-refractivity contribution in [2.45, 2.75) is 32.1 Å². The van der Waals surface area contributed by atoms with E-state index in [9.17, 15) is 0 Å². The number of nitrogens with two attached hydrogens (primary N) is 1.